The van der Waals surface area contributed by atoms with E-state index in [2.05, 4.69) is 10.5 Å². The van der Waals surface area contributed by atoms with Gasteiger partial charge in [0.1, 0.15) is 0 Å². The molecule has 0 fully saturated rings. The second-order valence-corrected chi connectivity index (χ2v) is 7.16. The van der Waals surface area contributed by atoms with Crippen LogP contribution in [0.15, 0.2) is 47.6 Å². The van der Waals surface area contributed by atoms with Crippen molar-refractivity contribution in [2.45, 2.75) is 32.9 Å². The Morgan fingerprint density at radius 2 is 1.84 bits per heavy atom. The molecule has 6 nitrogen and oxygen atoms in total. The van der Waals surface area contributed by atoms with Crippen LogP contribution in [0, 0.1) is 6.92 Å². The molecule has 2 aromatic carbocycles. The number of rotatable bonds is 6. The fourth-order valence-electron chi connectivity index (χ4n) is 3.26. The maximum absolute atomic E-state index is 13.3. The zero-order valence-electron chi connectivity index (χ0n) is 17.0. The summed E-state index contributed by atoms with van der Waals surface area (Å²) in [4.78, 5) is 11.8. The van der Waals surface area contributed by atoms with E-state index in [0.717, 1.165) is 17.7 Å². The average Bonchev–Trinajstić information content (AvgIpc) is 3.01. The quantitative estimate of drug-likeness (QED) is 0.401. The molecular formula is C22H22F3N3O3. The molecule has 0 bridgehead atoms. The Labute approximate surface area is 176 Å². The standard InChI is InChI=1S/C22H22F3N3O3/c1-13-5-8-16(9-6-13)28-18-12-15(22(23,24)25)7-10-17(18)20(21(28)31)14(2)26-27-19(30)4-3-11-29/h5-10,12,29,31H,3-4,11H2,1-2H3,(H,27,30). The largest absolute Gasteiger partial charge is 0.494 e. The summed E-state index contributed by atoms with van der Waals surface area (Å²) in [5.74, 6) is -0.710. The van der Waals surface area contributed by atoms with Crippen LogP contribution in [0.5, 0.6) is 5.88 Å². The Morgan fingerprint density at radius 3 is 2.45 bits per heavy atom. The van der Waals surface area contributed by atoms with Gasteiger partial charge in [0.15, 0.2) is 0 Å². The van der Waals surface area contributed by atoms with E-state index in [4.69, 9.17) is 5.11 Å². The van der Waals surface area contributed by atoms with Crippen molar-refractivity contribution in [1.29, 1.82) is 0 Å². The first kappa shape index (κ1) is 22.4. The number of aryl methyl sites for hydroxylation is 1. The van der Waals surface area contributed by atoms with Crippen LogP contribution in [-0.4, -0.2) is 33.0 Å². The van der Waals surface area contributed by atoms with Crippen molar-refractivity contribution < 1.29 is 28.2 Å². The molecule has 1 aromatic heterocycles. The van der Waals surface area contributed by atoms with Gasteiger partial charge in [0, 0.05) is 24.1 Å². The summed E-state index contributed by atoms with van der Waals surface area (Å²) in [6, 6.07) is 10.2. The summed E-state index contributed by atoms with van der Waals surface area (Å²) in [5.41, 5.74) is 3.54. The minimum absolute atomic E-state index is 0.0688. The molecule has 164 valence electrons. The van der Waals surface area contributed by atoms with Gasteiger partial charge in [-0.3, -0.25) is 9.36 Å². The highest BCUT2D eigenvalue weighted by atomic mass is 19.4. The fraction of sp³-hybridized carbons (Fsp3) is 0.273. The molecule has 3 aromatic rings. The van der Waals surface area contributed by atoms with E-state index in [9.17, 15) is 23.1 Å². The van der Waals surface area contributed by atoms with Gasteiger partial charge in [0.05, 0.1) is 22.4 Å². The summed E-state index contributed by atoms with van der Waals surface area (Å²) in [5, 5.41) is 24.1. The predicted octanol–water partition coefficient (Wildman–Crippen LogP) is 4.28. The normalized spacial score (nSPS) is 12.4. The number of halogens is 3. The van der Waals surface area contributed by atoms with Crippen LogP contribution in [0.1, 0.15) is 36.5 Å². The Balaban J connectivity index is 2.17. The molecule has 0 aliphatic heterocycles. The molecule has 1 heterocycles. The van der Waals surface area contributed by atoms with E-state index in [0.29, 0.717) is 11.1 Å². The van der Waals surface area contributed by atoms with Gasteiger partial charge in [-0.25, -0.2) is 5.43 Å². The topological polar surface area (TPSA) is 86.8 Å². The zero-order chi connectivity index (χ0) is 22.8. The zero-order valence-corrected chi connectivity index (χ0v) is 17.0. The van der Waals surface area contributed by atoms with Gasteiger partial charge in [-0.2, -0.15) is 18.3 Å². The Morgan fingerprint density at radius 1 is 1.16 bits per heavy atom. The highest BCUT2D eigenvalue weighted by Gasteiger charge is 2.32. The van der Waals surface area contributed by atoms with E-state index >= 15 is 0 Å². The number of alkyl halides is 3. The first-order valence-electron chi connectivity index (χ1n) is 9.59. The molecule has 0 saturated heterocycles. The van der Waals surface area contributed by atoms with Crippen LogP contribution in [0.3, 0.4) is 0 Å². The van der Waals surface area contributed by atoms with Crippen LogP contribution in [0.25, 0.3) is 16.6 Å². The number of aromatic nitrogens is 1. The Kier molecular flexibility index (Phi) is 6.35. The Bertz CT molecular complexity index is 1130. The van der Waals surface area contributed by atoms with Crippen LogP contribution < -0.4 is 5.43 Å². The first-order chi connectivity index (χ1) is 14.6. The number of hydrazone groups is 1. The van der Waals surface area contributed by atoms with Crippen molar-refractivity contribution >= 4 is 22.5 Å². The number of nitrogens with one attached hydrogen (secondary N) is 1. The number of nitrogens with zero attached hydrogens (tertiary/aromatic N) is 2. The van der Waals surface area contributed by atoms with Gasteiger partial charge in [-0.1, -0.05) is 23.8 Å². The molecule has 31 heavy (non-hydrogen) atoms. The van der Waals surface area contributed by atoms with Gasteiger partial charge in [0.2, 0.25) is 11.8 Å². The second-order valence-electron chi connectivity index (χ2n) is 7.16. The van der Waals surface area contributed by atoms with Crippen molar-refractivity contribution in [2.75, 3.05) is 6.61 Å². The molecule has 0 spiro atoms. The molecule has 0 saturated carbocycles. The lowest BCUT2D eigenvalue weighted by atomic mass is 10.1. The molecule has 0 radical (unpaired) electrons. The Hall–Kier alpha value is -3.33. The molecule has 9 heteroatoms. The average molecular weight is 433 g/mol. The lowest BCUT2D eigenvalue weighted by molar-refractivity contribution is -0.137. The molecule has 0 aliphatic rings. The van der Waals surface area contributed by atoms with Crippen molar-refractivity contribution in [3.8, 4) is 11.6 Å². The second kappa shape index (κ2) is 8.81. The molecular weight excluding hydrogens is 411 g/mol. The van der Waals surface area contributed by atoms with Crippen molar-refractivity contribution in [2.24, 2.45) is 5.10 Å². The summed E-state index contributed by atoms with van der Waals surface area (Å²) >= 11 is 0. The third-order valence-corrected chi connectivity index (χ3v) is 4.83. The van der Waals surface area contributed by atoms with Gasteiger partial charge in [0.25, 0.3) is 0 Å². The van der Waals surface area contributed by atoms with E-state index in [1.165, 1.54) is 17.6 Å². The van der Waals surface area contributed by atoms with E-state index in [-0.39, 0.29) is 42.1 Å². The number of carbonyl (C=O) groups is 1. The van der Waals surface area contributed by atoms with Gasteiger partial charge >= 0.3 is 6.18 Å². The summed E-state index contributed by atoms with van der Waals surface area (Å²) in [6.07, 6.45) is -4.20. The first-order valence-corrected chi connectivity index (χ1v) is 9.59. The predicted molar refractivity (Wildman–Crippen MR) is 111 cm³/mol. The van der Waals surface area contributed by atoms with Gasteiger partial charge < -0.3 is 10.2 Å². The number of carbonyl (C=O) groups excluding carboxylic acids is 1. The molecule has 1 amide bonds. The summed E-state index contributed by atoms with van der Waals surface area (Å²) in [6.45, 7) is 3.28. The number of hydrogen-bond acceptors (Lipinski definition) is 4. The fourth-order valence-corrected chi connectivity index (χ4v) is 3.26. The number of benzene rings is 2. The number of fused-ring (bicyclic) bond motifs is 1. The lowest BCUT2D eigenvalue weighted by Crippen LogP contribution is -2.19. The third-order valence-electron chi connectivity index (χ3n) is 4.83. The SMILES string of the molecule is CC(=NNC(=O)CCCO)c1c(O)n(-c2ccc(C)cc2)c2cc(C(F)(F)F)ccc12. The van der Waals surface area contributed by atoms with Crippen LogP contribution >= 0.6 is 0 Å². The van der Waals surface area contributed by atoms with Crippen molar-refractivity contribution in [1.82, 2.24) is 9.99 Å². The van der Waals surface area contributed by atoms with Crippen LogP contribution in [0.2, 0.25) is 0 Å². The lowest BCUT2D eigenvalue weighted by Gasteiger charge is -2.10. The molecule has 0 aliphatic carbocycles. The molecule has 3 rings (SSSR count). The van der Waals surface area contributed by atoms with Crippen molar-refractivity contribution in [3.05, 3.63) is 59.2 Å². The highest BCUT2D eigenvalue weighted by Crippen LogP contribution is 2.38. The number of amides is 1. The number of hydrogen-bond donors (Lipinski definition) is 3. The van der Waals surface area contributed by atoms with Gasteiger partial charge in [-0.05, 0) is 44.5 Å². The molecule has 3 N–H and O–H groups in total. The van der Waals surface area contributed by atoms with Crippen molar-refractivity contribution in [3.63, 3.8) is 0 Å². The van der Waals surface area contributed by atoms with E-state index in [1.54, 1.807) is 24.3 Å². The third kappa shape index (κ3) is 4.72. The maximum atomic E-state index is 13.3. The number of aliphatic hydroxyl groups is 1. The maximum Gasteiger partial charge on any atom is 0.416 e. The number of aromatic hydroxyl groups is 1. The summed E-state index contributed by atoms with van der Waals surface area (Å²) < 4.78 is 41.3. The molecule has 0 atom stereocenters. The van der Waals surface area contributed by atoms with Crippen LogP contribution in [-0.2, 0) is 11.0 Å². The minimum Gasteiger partial charge on any atom is -0.494 e. The van der Waals surface area contributed by atoms with Gasteiger partial charge in [-0.15, -0.1) is 0 Å². The monoisotopic (exact) mass is 433 g/mol. The summed E-state index contributed by atoms with van der Waals surface area (Å²) in [7, 11) is 0. The van der Waals surface area contributed by atoms with E-state index in [1.807, 2.05) is 6.92 Å². The smallest absolute Gasteiger partial charge is 0.416 e. The molecule has 0 unspecified atom stereocenters. The number of aliphatic hydroxyl groups excluding tert-OH is 1. The van der Waals surface area contributed by atoms with E-state index < -0.39 is 17.6 Å². The highest BCUT2D eigenvalue weighted by molar-refractivity contribution is 6.13. The minimum atomic E-state index is -4.55. The van der Waals surface area contributed by atoms with Crippen LogP contribution in [0.4, 0.5) is 13.2 Å².